The van der Waals surface area contributed by atoms with Gasteiger partial charge in [0.2, 0.25) is 0 Å². The van der Waals surface area contributed by atoms with E-state index in [2.05, 4.69) is 25.9 Å². The first-order valence-corrected chi connectivity index (χ1v) is 4.90. The van der Waals surface area contributed by atoms with Crippen LogP contribution in [0.15, 0.2) is 4.52 Å². The van der Waals surface area contributed by atoms with Crippen LogP contribution in [0, 0.1) is 0 Å². The lowest BCUT2D eigenvalue weighted by Crippen LogP contribution is -1.97. The van der Waals surface area contributed by atoms with Gasteiger partial charge in [0.15, 0.2) is 5.82 Å². The molecule has 0 fully saturated rings. The lowest BCUT2D eigenvalue weighted by molar-refractivity contribution is 0.380. The molecule has 3 nitrogen and oxygen atoms in total. The van der Waals surface area contributed by atoms with Gasteiger partial charge in [-0.1, -0.05) is 32.3 Å². The van der Waals surface area contributed by atoms with Crippen molar-refractivity contribution < 1.29 is 4.52 Å². The number of aromatic nitrogens is 1. The van der Waals surface area contributed by atoms with Gasteiger partial charge < -0.3 is 10.3 Å². The molecule has 0 bridgehead atoms. The van der Waals surface area contributed by atoms with E-state index < -0.39 is 0 Å². The first kappa shape index (κ1) is 10.1. The Morgan fingerprint density at radius 3 is 2.69 bits per heavy atom. The van der Waals surface area contributed by atoms with Crippen LogP contribution in [0.3, 0.4) is 0 Å². The maximum absolute atomic E-state index is 5.71. The SMILES string of the molecule is CCCCc1onc(N)c1C(C)C. The molecule has 74 valence electrons. The molecule has 1 aromatic heterocycles. The molecule has 1 heterocycles. The molecule has 0 aromatic carbocycles. The molecular formula is C10H18N2O. The Morgan fingerprint density at radius 1 is 1.46 bits per heavy atom. The number of nitrogen functional groups attached to an aromatic ring is 1. The third-order valence-corrected chi connectivity index (χ3v) is 2.17. The molecule has 13 heavy (non-hydrogen) atoms. The fourth-order valence-electron chi connectivity index (χ4n) is 1.48. The van der Waals surface area contributed by atoms with Gasteiger partial charge in [0, 0.05) is 12.0 Å². The summed E-state index contributed by atoms with van der Waals surface area (Å²) >= 11 is 0. The molecule has 0 radical (unpaired) electrons. The third-order valence-electron chi connectivity index (χ3n) is 2.17. The number of rotatable bonds is 4. The molecule has 0 amide bonds. The minimum absolute atomic E-state index is 0.401. The predicted molar refractivity (Wildman–Crippen MR) is 53.6 cm³/mol. The van der Waals surface area contributed by atoms with Gasteiger partial charge in [-0.25, -0.2) is 0 Å². The summed E-state index contributed by atoms with van der Waals surface area (Å²) in [4.78, 5) is 0. The van der Waals surface area contributed by atoms with Gasteiger partial charge in [-0.05, 0) is 12.3 Å². The Labute approximate surface area is 79.3 Å². The number of aryl methyl sites for hydroxylation is 1. The summed E-state index contributed by atoms with van der Waals surface area (Å²) in [7, 11) is 0. The molecule has 0 unspecified atom stereocenters. The average Bonchev–Trinajstić information content (AvgIpc) is 2.43. The summed E-state index contributed by atoms with van der Waals surface area (Å²) in [5, 5.41) is 3.79. The summed E-state index contributed by atoms with van der Waals surface area (Å²) < 4.78 is 5.18. The second-order valence-corrected chi connectivity index (χ2v) is 3.66. The number of anilines is 1. The highest BCUT2D eigenvalue weighted by atomic mass is 16.5. The van der Waals surface area contributed by atoms with Gasteiger partial charge in [0.25, 0.3) is 0 Å². The van der Waals surface area contributed by atoms with Crippen molar-refractivity contribution in [3.8, 4) is 0 Å². The van der Waals surface area contributed by atoms with Crippen LogP contribution in [-0.4, -0.2) is 5.16 Å². The summed E-state index contributed by atoms with van der Waals surface area (Å²) in [6, 6.07) is 0. The Kier molecular flexibility index (Phi) is 3.34. The maximum Gasteiger partial charge on any atom is 0.170 e. The van der Waals surface area contributed by atoms with Gasteiger partial charge in [-0.2, -0.15) is 0 Å². The van der Waals surface area contributed by atoms with Crippen LogP contribution in [0.1, 0.15) is 50.9 Å². The maximum atomic E-state index is 5.71. The van der Waals surface area contributed by atoms with Gasteiger partial charge in [0.05, 0.1) is 0 Å². The highest BCUT2D eigenvalue weighted by molar-refractivity contribution is 5.42. The van der Waals surface area contributed by atoms with E-state index in [1.165, 1.54) is 0 Å². The first-order chi connectivity index (χ1) is 6.16. The molecule has 2 N–H and O–H groups in total. The molecule has 0 aliphatic heterocycles. The average molecular weight is 182 g/mol. The van der Waals surface area contributed by atoms with E-state index in [4.69, 9.17) is 10.3 Å². The molecule has 0 aliphatic carbocycles. The van der Waals surface area contributed by atoms with Crippen LogP contribution < -0.4 is 5.73 Å². The molecule has 0 aliphatic rings. The molecule has 3 heteroatoms. The van der Waals surface area contributed by atoms with Crippen molar-refractivity contribution in [2.75, 3.05) is 5.73 Å². The zero-order valence-electron chi connectivity index (χ0n) is 8.63. The molecule has 0 atom stereocenters. The van der Waals surface area contributed by atoms with E-state index in [0.29, 0.717) is 11.7 Å². The van der Waals surface area contributed by atoms with Crippen molar-refractivity contribution >= 4 is 5.82 Å². The van der Waals surface area contributed by atoms with E-state index >= 15 is 0 Å². The van der Waals surface area contributed by atoms with Crippen molar-refractivity contribution in [3.05, 3.63) is 11.3 Å². The Bertz CT molecular complexity index is 266. The Balaban J connectivity index is 2.81. The number of hydrogen-bond acceptors (Lipinski definition) is 3. The number of unbranched alkanes of at least 4 members (excludes halogenated alkanes) is 1. The topological polar surface area (TPSA) is 52.0 Å². The third kappa shape index (κ3) is 2.23. The van der Waals surface area contributed by atoms with Crippen LogP contribution in [0.2, 0.25) is 0 Å². The fraction of sp³-hybridized carbons (Fsp3) is 0.700. The Hall–Kier alpha value is -0.990. The van der Waals surface area contributed by atoms with Gasteiger partial charge in [-0.15, -0.1) is 0 Å². The second-order valence-electron chi connectivity index (χ2n) is 3.66. The van der Waals surface area contributed by atoms with Gasteiger partial charge >= 0.3 is 0 Å². The monoisotopic (exact) mass is 182 g/mol. The molecule has 0 spiro atoms. The first-order valence-electron chi connectivity index (χ1n) is 4.90. The normalized spacial score (nSPS) is 11.1. The summed E-state index contributed by atoms with van der Waals surface area (Å²) in [6.07, 6.45) is 3.25. The summed E-state index contributed by atoms with van der Waals surface area (Å²) in [5.41, 5.74) is 6.80. The zero-order valence-corrected chi connectivity index (χ0v) is 8.63. The second kappa shape index (κ2) is 4.30. The largest absolute Gasteiger partial charge is 0.381 e. The van der Waals surface area contributed by atoms with Crippen LogP contribution in [0.4, 0.5) is 5.82 Å². The van der Waals surface area contributed by atoms with E-state index in [0.717, 1.165) is 30.6 Å². The van der Waals surface area contributed by atoms with Crippen LogP contribution in [-0.2, 0) is 6.42 Å². The van der Waals surface area contributed by atoms with Crippen molar-refractivity contribution in [2.45, 2.75) is 46.0 Å². The molecule has 1 rings (SSSR count). The summed E-state index contributed by atoms with van der Waals surface area (Å²) in [6.45, 7) is 6.38. The van der Waals surface area contributed by atoms with E-state index in [1.54, 1.807) is 0 Å². The quantitative estimate of drug-likeness (QED) is 0.778. The lowest BCUT2D eigenvalue weighted by Gasteiger charge is -2.04. The van der Waals surface area contributed by atoms with E-state index in [1.807, 2.05) is 0 Å². The van der Waals surface area contributed by atoms with Crippen molar-refractivity contribution in [1.29, 1.82) is 0 Å². The molecular weight excluding hydrogens is 164 g/mol. The number of hydrogen-bond donors (Lipinski definition) is 1. The lowest BCUT2D eigenvalue weighted by atomic mass is 10.0. The van der Waals surface area contributed by atoms with Crippen molar-refractivity contribution in [2.24, 2.45) is 0 Å². The van der Waals surface area contributed by atoms with Gasteiger partial charge in [-0.3, -0.25) is 0 Å². The number of nitrogens with zero attached hydrogens (tertiary/aromatic N) is 1. The van der Waals surface area contributed by atoms with E-state index in [9.17, 15) is 0 Å². The van der Waals surface area contributed by atoms with Crippen LogP contribution in [0.5, 0.6) is 0 Å². The minimum Gasteiger partial charge on any atom is -0.381 e. The van der Waals surface area contributed by atoms with Crippen molar-refractivity contribution in [1.82, 2.24) is 5.16 Å². The predicted octanol–water partition coefficient (Wildman–Crippen LogP) is 2.72. The smallest absolute Gasteiger partial charge is 0.170 e. The molecule has 1 aromatic rings. The minimum atomic E-state index is 0.401. The standard InChI is InChI=1S/C10H18N2O/c1-4-5-6-8-9(7(2)3)10(11)12-13-8/h7H,4-6H2,1-3H3,(H2,11,12). The summed E-state index contributed by atoms with van der Waals surface area (Å²) in [5.74, 6) is 1.92. The zero-order chi connectivity index (χ0) is 9.84. The Morgan fingerprint density at radius 2 is 2.15 bits per heavy atom. The number of nitrogens with two attached hydrogens (primary N) is 1. The fourth-order valence-corrected chi connectivity index (χ4v) is 1.48. The van der Waals surface area contributed by atoms with Gasteiger partial charge in [0.1, 0.15) is 5.76 Å². The van der Waals surface area contributed by atoms with E-state index in [-0.39, 0.29) is 0 Å². The molecule has 0 saturated heterocycles. The highest BCUT2D eigenvalue weighted by Crippen LogP contribution is 2.26. The molecule has 0 saturated carbocycles. The van der Waals surface area contributed by atoms with Crippen molar-refractivity contribution in [3.63, 3.8) is 0 Å². The van der Waals surface area contributed by atoms with Crippen LogP contribution in [0.25, 0.3) is 0 Å². The van der Waals surface area contributed by atoms with Crippen LogP contribution >= 0.6 is 0 Å². The highest BCUT2D eigenvalue weighted by Gasteiger charge is 2.15.